The third-order valence-electron chi connectivity index (χ3n) is 4.04. The van der Waals surface area contributed by atoms with Gasteiger partial charge < -0.3 is 5.32 Å². The van der Waals surface area contributed by atoms with Crippen molar-refractivity contribution in [3.8, 4) is 5.69 Å². The first-order valence-corrected chi connectivity index (χ1v) is 8.69. The van der Waals surface area contributed by atoms with Gasteiger partial charge >= 0.3 is 0 Å². The van der Waals surface area contributed by atoms with Crippen LogP contribution in [0.15, 0.2) is 77.9 Å². The number of carbonyl (C=O) groups is 1. The van der Waals surface area contributed by atoms with Gasteiger partial charge in [0.25, 0.3) is 11.5 Å². The predicted octanol–water partition coefficient (Wildman–Crippen LogP) is 2.26. The van der Waals surface area contributed by atoms with E-state index in [2.05, 4.69) is 20.5 Å². The Morgan fingerprint density at radius 1 is 1.00 bits per heavy atom. The molecule has 0 radical (unpaired) electrons. The van der Waals surface area contributed by atoms with E-state index >= 15 is 0 Å². The van der Waals surface area contributed by atoms with E-state index in [4.69, 9.17) is 0 Å². The van der Waals surface area contributed by atoms with Crippen LogP contribution in [0.5, 0.6) is 0 Å². The second-order valence-electron chi connectivity index (χ2n) is 6.12. The van der Waals surface area contributed by atoms with Crippen LogP contribution in [-0.4, -0.2) is 30.5 Å². The van der Waals surface area contributed by atoms with Crippen LogP contribution < -0.4 is 10.9 Å². The Kier molecular flexibility index (Phi) is 4.93. The summed E-state index contributed by atoms with van der Waals surface area (Å²) in [5, 5.41) is 11.0. The van der Waals surface area contributed by atoms with Crippen molar-refractivity contribution in [1.82, 2.24) is 24.5 Å². The molecule has 9 heteroatoms. The summed E-state index contributed by atoms with van der Waals surface area (Å²) in [7, 11) is 0. The molecule has 0 unspecified atom stereocenters. The maximum atomic E-state index is 13.1. The minimum absolute atomic E-state index is 0.0215. The summed E-state index contributed by atoms with van der Waals surface area (Å²) in [6.07, 6.45) is 3.42. The second-order valence-corrected chi connectivity index (χ2v) is 6.12. The first-order chi connectivity index (χ1) is 14.1. The molecule has 0 bridgehead atoms. The normalized spacial score (nSPS) is 10.7. The Morgan fingerprint density at radius 2 is 1.83 bits per heavy atom. The molecule has 0 saturated heterocycles. The fraction of sp³-hybridized carbons (Fsp3) is 0.0500. The maximum Gasteiger partial charge on any atom is 0.277 e. The largest absolute Gasteiger partial charge is 0.304 e. The molecule has 29 heavy (non-hydrogen) atoms. The minimum atomic E-state index is -0.524. The van der Waals surface area contributed by atoms with Crippen molar-refractivity contribution < 1.29 is 9.18 Å². The zero-order valence-electron chi connectivity index (χ0n) is 15.1. The summed E-state index contributed by atoms with van der Waals surface area (Å²) in [5.41, 5.74) is 0.771. The van der Waals surface area contributed by atoms with Crippen LogP contribution in [0, 0.1) is 5.82 Å². The molecule has 1 N–H and O–H groups in total. The van der Waals surface area contributed by atoms with Gasteiger partial charge in [-0.05, 0) is 42.5 Å². The minimum Gasteiger partial charge on any atom is -0.304 e. The summed E-state index contributed by atoms with van der Waals surface area (Å²) in [5.74, 6) is -0.617. The van der Waals surface area contributed by atoms with E-state index in [0.717, 1.165) is 10.4 Å². The van der Waals surface area contributed by atoms with Crippen molar-refractivity contribution in [2.24, 2.45) is 0 Å². The molecule has 0 aliphatic rings. The standard InChI is InChI=1S/C20H15FN6O2/c21-14-4-6-16(7-5-14)27-19(28)9-8-17(24-27)20(29)23-18-10-12-26(25-18)13-15-3-1-2-11-22-15/h1-12H,13H2,(H,23,25,29). The van der Waals surface area contributed by atoms with Crippen LogP contribution in [0.3, 0.4) is 0 Å². The van der Waals surface area contributed by atoms with E-state index in [0.29, 0.717) is 18.1 Å². The molecular formula is C20H15FN6O2. The molecule has 144 valence electrons. The van der Waals surface area contributed by atoms with Crippen LogP contribution in [0.25, 0.3) is 5.69 Å². The molecule has 0 spiro atoms. The summed E-state index contributed by atoms with van der Waals surface area (Å²) in [4.78, 5) is 28.8. The number of benzene rings is 1. The lowest BCUT2D eigenvalue weighted by atomic mass is 10.3. The van der Waals surface area contributed by atoms with Gasteiger partial charge in [0.2, 0.25) is 0 Å². The highest BCUT2D eigenvalue weighted by Gasteiger charge is 2.12. The topological polar surface area (TPSA) is 94.7 Å². The number of carbonyl (C=O) groups excluding carboxylic acids is 1. The molecule has 1 aromatic carbocycles. The Bertz CT molecular complexity index is 1200. The molecule has 0 saturated carbocycles. The summed E-state index contributed by atoms with van der Waals surface area (Å²) < 4.78 is 15.8. The van der Waals surface area contributed by atoms with E-state index in [1.807, 2.05) is 18.2 Å². The molecule has 3 aromatic heterocycles. The van der Waals surface area contributed by atoms with Gasteiger partial charge in [-0.3, -0.25) is 19.3 Å². The highest BCUT2D eigenvalue weighted by Crippen LogP contribution is 2.09. The van der Waals surface area contributed by atoms with Gasteiger partial charge in [-0.1, -0.05) is 6.07 Å². The van der Waals surface area contributed by atoms with Gasteiger partial charge in [0, 0.05) is 24.5 Å². The van der Waals surface area contributed by atoms with Crippen LogP contribution in [0.4, 0.5) is 10.2 Å². The third kappa shape index (κ3) is 4.24. The van der Waals surface area contributed by atoms with Crippen molar-refractivity contribution in [2.45, 2.75) is 6.54 Å². The smallest absolute Gasteiger partial charge is 0.277 e. The van der Waals surface area contributed by atoms with Gasteiger partial charge in [0.1, 0.15) is 11.5 Å². The van der Waals surface area contributed by atoms with E-state index in [1.165, 1.54) is 36.4 Å². The van der Waals surface area contributed by atoms with Crippen molar-refractivity contribution in [2.75, 3.05) is 5.32 Å². The van der Waals surface area contributed by atoms with Gasteiger partial charge in [0.15, 0.2) is 5.82 Å². The lowest BCUT2D eigenvalue weighted by Crippen LogP contribution is -2.25. The SMILES string of the molecule is O=C(Nc1ccn(Cc2ccccn2)n1)c1ccc(=O)n(-c2ccc(F)cc2)n1. The lowest BCUT2D eigenvalue weighted by Gasteiger charge is -2.07. The first kappa shape index (κ1) is 18.2. The predicted molar refractivity (Wildman–Crippen MR) is 103 cm³/mol. The second kappa shape index (κ2) is 7.85. The number of nitrogens with one attached hydrogen (secondary N) is 1. The molecule has 0 fully saturated rings. The average Bonchev–Trinajstić information content (AvgIpc) is 3.16. The van der Waals surface area contributed by atoms with E-state index in [9.17, 15) is 14.0 Å². The maximum absolute atomic E-state index is 13.1. The number of anilines is 1. The van der Waals surface area contributed by atoms with E-state index in [-0.39, 0.29) is 5.69 Å². The van der Waals surface area contributed by atoms with Gasteiger partial charge in [-0.25, -0.2) is 4.39 Å². The first-order valence-electron chi connectivity index (χ1n) is 8.69. The quantitative estimate of drug-likeness (QED) is 0.564. The number of rotatable bonds is 5. The zero-order chi connectivity index (χ0) is 20.2. The van der Waals surface area contributed by atoms with Crippen molar-refractivity contribution in [3.05, 3.63) is 101 Å². The molecule has 1 amide bonds. The zero-order valence-corrected chi connectivity index (χ0v) is 15.1. The van der Waals surface area contributed by atoms with E-state index in [1.54, 1.807) is 23.1 Å². The Balaban J connectivity index is 1.51. The number of aromatic nitrogens is 5. The average molecular weight is 390 g/mol. The monoisotopic (exact) mass is 390 g/mol. The Hall–Kier alpha value is -4.14. The fourth-order valence-corrected chi connectivity index (χ4v) is 2.65. The number of hydrogen-bond acceptors (Lipinski definition) is 5. The molecule has 3 heterocycles. The molecule has 0 aliphatic heterocycles. The number of pyridine rings is 1. The van der Waals surface area contributed by atoms with Crippen LogP contribution in [0.2, 0.25) is 0 Å². The number of nitrogens with zero attached hydrogens (tertiary/aromatic N) is 5. The summed E-state index contributed by atoms with van der Waals surface area (Å²) in [6.45, 7) is 0.463. The highest BCUT2D eigenvalue weighted by atomic mass is 19.1. The Labute approximate surface area is 164 Å². The van der Waals surface area contributed by atoms with Crippen LogP contribution in [0.1, 0.15) is 16.2 Å². The molecular weight excluding hydrogens is 375 g/mol. The van der Waals surface area contributed by atoms with Crippen molar-refractivity contribution in [1.29, 1.82) is 0 Å². The molecule has 0 atom stereocenters. The summed E-state index contributed by atoms with van der Waals surface area (Å²) >= 11 is 0. The molecule has 4 aromatic rings. The molecule has 4 rings (SSSR count). The summed E-state index contributed by atoms with van der Waals surface area (Å²) in [6, 6.07) is 15.0. The van der Waals surface area contributed by atoms with Gasteiger partial charge in [-0.2, -0.15) is 14.9 Å². The number of hydrogen-bond donors (Lipinski definition) is 1. The fourth-order valence-electron chi connectivity index (χ4n) is 2.65. The van der Waals surface area contributed by atoms with Gasteiger partial charge in [0.05, 0.1) is 17.9 Å². The third-order valence-corrected chi connectivity index (χ3v) is 4.04. The molecule has 0 aliphatic carbocycles. The van der Waals surface area contributed by atoms with Crippen LogP contribution >= 0.6 is 0 Å². The number of halogens is 1. The highest BCUT2D eigenvalue weighted by molar-refractivity contribution is 6.02. The van der Waals surface area contributed by atoms with Gasteiger partial charge in [-0.15, -0.1) is 0 Å². The number of amides is 1. The van der Waals surface area contributed by atoms with Crippen molar-refractivity contribution in [3.63, 3.8) is 0 Å². The van der Waals surface area contributed by atoms with Crippen LogP contribution in [-0.2, 0) is 6.54 Å². The molecule has 8 nitrogen and oxygen atoms in total. The van der Waals surface area contributed by atoms with Crippen molar-refractivity contribution >= 4 is 11.7 Å². The Morgan fingerprint density at radius 3 is 2.59 bits per heavy atom. The lowest BCUT2D eigenvalue weighted by molar-refractivity contribution is 0.102. The van der Waals surface area contributed by atoms with E-state index < -0.39 is 17.3 Å².